The fraction of sp³-hybridized carbons (Fsp3) is 0.538. The first-order valence-corrected chi connectivity index (χ1v) is 5.76. The zero-order valence-corrected chi connectivity index (χ0v) is 9.28. The minimum atomic E-state index is 0.189. The highest BCUT2D eigenvalue weighted by Gasteiger charge is 2.18. The molecule has 2 nitrogen and oxygen atoms in total. The maximum absolute atomic E-state index is 6.00. The Labute approximate surface area is 91.4 Å². The molecule has 2 N–H and O–H groups in total. The molecule has 2 rings (SSSR count). The van der Waals surface area contributed by atoms with Crippen LogP contribution in [0, 0.1) is 0 Å². The molecule has 1 saturated carbocycles. The summed E-state index contributed by atoms with van der Waals surface area (Å²) >= 11 is 0. The number of nitrogen functional groups attached to an aromatic ring is 1. The zero-order valence-electron chi connectivity index (χ0n) is 9.28. The van der Waals surface area contributed by atoms with E-state index in [0.29, 0.717) is 6.10 Å². The van der Waals surface area contributed by atoms with E-state index >= 15 is 0 Å². The predicted octanol–water partition coefficient (Wildman–Crippen LogP) is 3.29. The van der Waals surface area contributed by atoms with Crippen LogP contribution in [0.15, 0.2) is 24.3 Å². The van der Waals surface area contributed by atoms with Gasteiger partial charge in [0.15, 0.2) is 0 Å². The third-order valence-corrected chi connectivity index (χ3v) is 3.10. The van der Waals surface area contributed by atoms with Gasteiger partial charge in [-0.3, -0.25) is 0 Å². The van der Waals surface area contributed by atoms with Crippen molar-refractivity contribution in [2.45, 2.75) is 44.8 Å². The Bertz CT molecular complexity index is 301. The normalized spacial score (nSPS) is 19.3. The van der Waals surface area contributed by atoms with Crippen LogP contribution in [0.4, 0.5) is 5.69 Å². The summed E-state index contributed by atoms with van der Waals surface area (Å²) in [5.41, 5.74) is 7.68. The van der Waals surface area contributed by atoms with Crippen LogP contribution in [0.25, 0.3) is 0 Å². The van der Waals surface area contributed by atoms with Gasteiger partial charge in [-0.2, -0.15) is 0 Å². The molecule has 1 unspecified atom stereocenters. The van der Waals surface area contributed by atoms with Gasteiger partial charge < -0.3 is 10.5 Å². The Hall–Kier alpha value is -1.02. The summed E-state index contributed by atoms with van der Waals surface area (Å²) in [6.07, 6.45) is 5.74. The SMILES string of the molecule is CC(OC1CCCC1)c1ccc(N)cc1. The van der Waals surface area contributed by atoms with E-state index in [4.69, 9.17) is 10.5 Å². The Morgan fingerprint density at radius 1 is 1.20 bits per heavy atom. The van der Waals surface area contributed by atoms with Crippen LogP contribution in [0.1, 0.15) is 44.3 Å². The van der Waals surface area contributed by atoms with Gasteiger partial charge in [0.25, 0.3) is 0 Å². The first-order chi connectivity index (χ1) is 7.25. The Balaban J connectivity index is 1.94. The van der Waals surface area contributed by atoms with Crippen LogP contribution in [-0.2, 0) is 4.74 Å². The highest BCUT2D eigenvalue weighted by atomic mass is 16.5. The molecule has 0 aliphatic heterocycles. The highest BCUT2D eigenvalue weighted by Crippen LogP contribution is 2.27. The maximum Gasteiger partial charge on any atom is 0.0800 e. The lowest BCUT2D eigenvalue weighted by Gasteiger charge is -2.18. The molecule has 0 spiro atoms. The maximum atomic E-state index is 6.00. The van der Waals surface area contributed by atoms with Gasteiger partial charge in [-0.05, 0) is 37.5 Å². The second kappa shape index (κ2) is 4.67. The molecule has 2 heteroatoms. The smallest absolute Gasteiger partial charge is 0.0800 e. The molecule has 0 saturated heterocycles. The molecule has 1 aliphatic rings. The van der Waals surface area contributed by atoms with E-state index in [-0.39, 0.29) is 6.10 Å². The van der Waals surface area contributed by atoms with Gasteiger partial charge in [-0.15, -0.1) is 0 Å². The Kier molecular flexibility index (Phi) is 3.27. The number of nitrogens with two attached hydrogens (primary N) is 1. The summed E-state index contributed by atoms with van der Waals surface area (Å²) in [5, 5.41) is 0. The van der Waals surface area contributed by atoms with E-state index in [1.807, 2.05) is 12.1 Å². The third-order valence-electron chi connectivity index (χ3n) is 3.10. The molecule has 82 valence electrons. The number of rotatable bonds is 3. The molecular formula is C13H19NO. The molecule has 1 aliphatic carbocycles. The Morgan fingerprint density at radius 2 is 1.80 bits per heavy atom. The second-order valence-electron chi connectivity index (χ2n) is 4.35. The van der Waals surface area contributed by atoms with Gasteiger partial charge in [-0.25, -0.2) is 0 Å². The summed E-state index contributed by atoms with van der Waals surface area (Å²) < 4.78 is 6.00. The largest absolute Gasteiger partial charge is 0.399 e. The number of hydrogen-bond donors (Lipinski definition) is 1. The summed E-state index contributed by atoms with van der Waals surface area (Å²) in [5.74, 6) is 0. The zero-order chi connectivity index (χ0) is 10.7. The Morgan fingerprint density at radius 3 is 2.40 bits per heavy atom. The van der Waals surface area contributed by atoms with Crippen LogP contribution < -0.4 is 5.73 Å². The third kappa shape index (κ3) is 2.72. The lowest BCUT2D eigenvalue weighted by Crippen LogP contribution is -2.11. The van der Waals surface area contributed by atoms with Crippen molar-refractivity contribution in [1.82, 2.24) is 0 Å². The van der Waals surface area contributed by atoms with Crippen LogP contribution in [0.2, 0.25) is 0 Å². The van der Waals surface area contributed by atoms with Gasteiger partial charge in [0, 0.05) is 5.69 Å². The molecule has 1 fully saturated rings. The van der Waals surface area contributed by atoms with Crippen LogP contribution >= 0.6 is 0 Å². The molecule has 0 radical (unpaired) electrons. The van der Waals surface area contributed by atoms with Crippen molar-refractivity contribution < 1.29 is 4.74 Å². The van der Waals surface area contributed by atoms with Crippen molar-refractivity contribution in [2.75, 3.05) is 5.73 Å². The highest BCUT2D eigenvalue weighted by molar-refractivity contribution is 5.39. The van der Waals surface area contributed by atoms with Gasteiger partial charge in [-0.1, -0.05) is 25.0 Å². The predicted molar refractivity (Wildman–Crippen MR) is 62.6 cm³/mol. The van der Waals surface area contributed by atoms with E-state index in [2.05, 4.69) is 19.1 Å². The summed E-state index contributed by atoms with van der Waals surface area (Å²) in [6, 6.07) is 7.97. The molecule has 0 bridgehead atoms. The van der Waals surface area contributed by atoms with Gasteiger partial charge >= 0.3 is 0 Å². The van der Waals surface area contributed by atoms with E-state index in [9.17, 15) is 0 Å². The number of ether oxygens (including phenoxy) is 1. The van der Waals surface area contributed by atoms with Crippen molar-refractivity contribution >= 4 is 5.69 Å². The number of anilines is 1. The van der Waals surface area contributed by atoms with E-state index < -0.39 is 0 Å². The molecule has 1 atom stereocenters. The number of hydrogen-bond acceptors (Lipinski definition) is 2. The second-order valence-corrected chi connectivity index (χ2v) is 4.35. The van der Waals surface area contributed by atoms with Crippen molar-refractivity contribution in [3.8, 4) is 0 Å². The molecule has 1 aromatic carbocycles. The molecule has 0 heterocycles. The first kappa shape index (κ1) is 10.5. The number of benzene rings is 1. The average molecular weight is 205 g/mol. The minimum Gasteiger partial charge on any atom is -0.399 e. The van der Waals surface area contributed by atoms with Crippen LogP contribution in [0.3, 0.4) is 0 Å². The molecule has 15 heavy (non-hydrogen) atoms. The summed E-state index contributed by atoms with van der Waals surface area (Å²) in [6.45, 7) is 2.11. The van der Waals surface area contributed by atoms with Crippen molar-refractivity contribution in [2.24, 2.45) is 0 Å². The monoisotopic (exact) mass is 205 g/mol. The minimum absolute atomic E-state index is 0.189. The average Bonchev–Trinajstić information content (AvgIpc) is 2.71. The fourth-order valence-electron chi connectivity index (χ4n) is 2.16. The van der Waals surface area contributed by atoms with Gasteiger partial charge in [0.05, 0.1) is 12.2 Å². The standard InChI is InChI=1S/C13H19NO/c1-10(15-13-4-2-3-5-13)11-6-8-12(14)9-7-11/h6-10,13H,2-5,14H2,1H3. The fourth-order valence-corrected chi connectivity index (χ4v) is 2.16. The van der Waals surface area contributed by atoms with Crippen LogP contribution in [0.5, 0.6) is 0 Å². The van der Waals surface area contributed by atoms with Crippen LogP contribution in [-0.4, -0.2) is 6.10 Å². The summed E-state index contributed by atoms with van der Waals surface area (Å²) in [7, 11) is 0. The van der Waals surface area contributed by atoms with Crippen molar-refractivity contribution in [1.29, 1.82) is 0 Å². The van der Waals surface area contributed by atoms with Gasteiger partial charge in [0.2, 0.25) is 0 Å². The van der Waals surface area contributed by atoms with E-state index in [1.165, 1.54) is 31.2 Å². The van der Waals surface area contributed by atoms with Gasteiger partial charge in [0.1, 0.15) is 0 Å². The lowest BCUT2D eigenvalue weighted by molar-refractivity contribution is 0.00103. The molecular weight excluding hydrogens is 186 g/mol. The lowest BCUT2D eigenvalue weighted by atomic mass is 10.1. The van der Waals surface area contributed by atoms with E-state index in [0.717, 1.165) is 5.69 Å². The summed E-state index contributed by atoms with van der Waals surface area (Å²) in [4.78, 5) is 0. The van der Waals surface area contributed by atoms with E-state index in [1.54, 1.807) is 0 Å². The molecule has 0 aromatic heterocycles. The molecule has 1 aromatic rings. The van der Waals surface area contributed by atoms with Crippen molar-refractivity contribution in [3.05, 3.63) is 29.8 Å². The topological polar surface area (TPSA) is 35.2 Å². The first-order valence-electron chi connectivity index (χ1n) is 5.76. The van der Waals surface area contributed by atoms with Crippen molar-refractivity contribution in [3.63, 3.8) is 0 Å². The quantitative estimate of drug-likeness (QED) is 0.768. The molecule has 0 amide bonds.